The highest BCUT2D eigenvalue weighted by atomic mass is 16.5. The lowest BCUT2D eigenvalue weighted by molar-refractivity contribution is -0.135. The fourth-order valence-corrected chi connectivity index (χ4v) is 1.73. The molecule has 1 rings (SSSR count). The summed E-state index contributed by atoms with van der Waals surface area (Å²) in [6.07, 6.45) is 2.58. The van der Waals surface area contributed by atoms with Gasteiger partial charge in [-0.25, -0.2) is 0 Å². The molecular weight excluding hydrogens is 216 g/mol. The number of aliphatic carboxylic acids is 1. The SMILES string of the molecule is CC/C(=C\CC(=O)O)c1cc(C)ccc1OC. The van der Waals surface area contributed by atoms with E-state index in [0.29, 0.717) is 0 Å². The molecule has 17 heavy (non-hydrogen) atoms. The van der Waals surface area contributed by atoms with Crippen LogP contribution in [0.25, 0.3) is 5.57 Å². The quantitative estimate of drug-likeness (QED) is 0.850. The van der Waals surface area contributed by atoms with Crippen LogP contribution in [0.1, 0.15) is 30.9 Å². The van der Waals surface area contributed by atoms with Crippen LogP contribution in [0.2, 0.25) is 0 Å². The zero-order valence-electron chi connectivity index (χ0n) is 10.5. The minimum Gasteiger partial charge on any atom is -0.496 e. The van der Waals surface area contributed by atoms with Crippen molar-refractivity contribution in [1.29, 1.82) is 0 Å². The molecule has 0 saturated carbocycles. The van der Waals surface area contributed by atoms with Crippen LogP contribution in [0, 0.1) is 6.92 Å². The second-order valence-electron chi connectivity index (χ2n) is 3.88. The first-order valence-electron chi connectivity index (χ1n) is 5.64. The van der Waals surface area contributed by atoms with Crippen LogP contribution in [0.4, 0.5) is 0 Å². The van der Waals surface area contributed by atoms with E-state index in [-0.39, 0.29) is 6.42 Å². The first kappa shape index (κ1) is 13.3. The molecule has 0 aliphatic rings. The molecule has 1 N–H and O–H groups in total. The molecule has 0 aliphatic heterocycles. The second kappa shape index (κ2) is 6.09. The van der Waals surface area contributed by atoms with Gasteiger partial charge in [0.15, 0.2) is 0 Å². The average molecular weight is 234 g/mol. The van der Waals surface area contributed by atoms with Gasteiger partial charge in [0.05, 0.1) is 13.5 Å². The normalized spacial score (nSPS) is 11.4. The molecule has 0 aromatic heterocycles. The average Bonchev–Trinajstić information content (AvgIpc) is 2.30. The van der Waals surface area contributed by atoms with Crippen molar-refractivity contribution in [3.05, 3.63) is 35.4 Å². The van der Waals surface area contributed by atoms with Crippen molar-refractivity contribution in [3.63, 3.8) is 0 Å². The molecule has 3 nitrogen and oxygen atoms in total. The van der Waals surface area contributed by atoms with Gasteiger partial charge in [-0.15, -0.1) is 0 Å². The highest BCUT2D eigenvalue weighted by Gasteiger charge is 2.07. The molecule has 0 radical (unpaired) electrons. The predicted molar refractivity (Wildman–Crippen MR) is 68.3 cm³/mol. The Balaban J connectivity index is 3.14. The zero-order valence-corrected chi connectivity index (χ0v) is 10.5. The number of carbonyl (C=O) groups is 1. The van der Waals surface area contributed by atoms with Gasteiger partial charge in [-0.05, 0) is 31.1 Å². The Labute approximate surface area is 102 Å². The molecule has 0 atom stereocenters. The Morgan fingerprint density at radius 1 is 1.47 bits per heavy atom. The number of allylic oxidation sites excluding steroid dienone is 1. The minimum atomic E-state index is -0.817. The zero-order chi connectivity index (χ0) is 12.8. The first-order chi connectivity index (χ1) is 8.08. The predicted octanol–water partition coefficient (Wildman–Crippen LogP) is 3.27. The van der Waals surface area contributed by atoms with E-state index in [1.807, 2.05) is 32.0 Å². The summed E-state index contributed by atoms with van der Waals surface area (Å²) in [5.74, 6) is -0.0309. The molecule has 92 valence electrons. The third-order valence-electron chi connectivity index (χ3n) is 2.60. The Morgan fingerprint density at radius 2 is 2.18 bits per heavy atom. The number of aryl methyl sites for hydroxylation is 1. The molecule has 1 aromatic carbocycles. The summed E-state index contributed by atoms with van der Waals surface area (Å²) in [5, 5.41) is 8.71. The van der Waals surface area contributed by atoms with Gasteiger partial charge in [0, 0.05) is 5.56 Å². The Hall–Kier alpha value is -1.77. The summed E-state index contributed by atoms with van der Waals surface area (Å²) in [7, 11) is 1.62. The highest BCUT2D eigenvalue weighted by Crippen LogP contribution is 2.29. The Kier molecular flexibility index (Phi) is 4.76. The number of rotatable bonds is 5. The third-order valence-corrected chi connectivity index (χ3v) is 2.60. The van der Waals surface area contributed by atoms with Crippen molar-refractivity contribution in [2.45, 2.75) is 26.7 Å². The van der Waals surface area contributed by atoms with Gasteiger partial charge in [-0.3, -0.25) is 4.79 Å². The van der Waals surface area contributed by atoms with Gasteiger partial charge < -0.3 is 9.84 Å². The van der Waals surface area contributed by atoms with Crippen molar-refractivity contribution >= 4 is 11.5 Å². The molecule has 0 spiro atoms. The van der Waals surface area contributed by atoms with Crippen molar-refractivity contribution in [2.24, 2.45) is 0 Å². The monoisotopic (exact) mass is 234 g/mol. The molecule has 0 heterocycles. The molecule has 1 aromatic rings. The number of benzene rings is 1. The number of carboxylic acid groups (broad SMARTS) is 1. The maximum absolute atomic E-state index is 10.6. The first-order valence-corrected chi connectivity index (χ1v) is 5.64. The molecule has 0 fully saturated rings. The summed E-state index contributed by atoms with van der Waals surface area (Å²) in [5.41, 5.74) is 3.12. The van der Waals surface area contributed by atoms with E-state index in [4.69, 9.17) is 9.84 Å². The van der Waals surface area contributed by atoms with Crippen molar-refractivity contribution < 1.29 is 14.6 Å². The van der Waals surface area contributed by atoms with Gasteiger partial charge in [-0.1, -0.05) is 24.6 Å². The standard InChI is InChI=1S/C14H18O3/c1-4-11(6-8-14(15)16)12-9-10(2)5-7-13(12)17-3/h5-7,9H,4,8H2,1-3H3,(H,15,16)/b11-6+. The lowest BCUT2D eigenvalue weighted by Crippen LogP contribution is -1.95. The topological polar surface area (TPSA) is 46.5 Å². The van der Waals surface area contributed by atoms with E-state index < -0.39 is 5.97 Å². The number of carboxylic acids is 1. The Morgan fingerprint density at radius 3 is 2.71 bits per heavy atom. The van der Waals surface area contributed by atoms with E-state index in [9.17, 15) is 4.79 Å². The maximum atomic E-state index is 10.6. The lowest BCUT2D eigenvalue weighted by Gasteiger charge is -2.11. The summed E-state index contributed by atoms with van der Waals surface area (Å²) in [6, 6.07) is 5.91. The summed E-state index contributed by atoms with van der Waals surface area (Å²) >= 11 is 0. The number of ether oxygens (including phenoxy) is 1. The summed E-state index contributed by atoms with van der Waals surface area (Å²) in [4.78, 5) is 10.6. The number of hydrogen-bond donors (Lipinski definition) is 1. The summed E-state index contributed by atoms with van der Waals surface area (Å²) < 4.78 is 5.30. The summed E-state index contributed by atoms with van der Waals surface area (Å²) in [6.45, 7) is 4.02. The van der Waals surface area contributed by atoms with Crippen molar-refractivity contribution in [2.75, 3.05) is 7.11 Å². The van der Waals surface area contributed by atoms with E-state index in [0.717, 1.165) is 28.9 Å². The van der Waals surface area contributed by atoms with E-state index >= 15 is 0 Å². The minimum absolute atomic E-state index is 0.0419. The molecule has 0 saturated heterocycles. The van der Waals surface area contributed by atoms with Crippen LogP contribution in [-0.2, 0) is 4.79 Å². The molecule has 0 aliphatic carbocycles. The number of hydrogen-bond acceptors (Lipinski definition) is 2. The highest BCUT2D eigenvalue weighted by molar-refractivity contribution is 5.76. The van der Waals surface area contributed by atoms with Gasteiger partial charge in [-0.2, -0.15) is 0 Å². The second-order valence-corrected chi connectivity index (χ2v) is 3.88. The van der Waals surface area contributed by atoms with E-state index in [2.05, 4.69) is 0 Å². The van der Waals surface area contributed by atoms with Crippen molar-refractivity contribution in [1.82, 2.24) is 0 Å². The van der Waals surface area contributed by atoms with Crippen LogP contribution in [0.3, 0.4) is 0 Å². The molecule has 3 heteroatoms. The van der Waals surface area contributed by atoms with Gasteiger partial charge in [0.1, 0.15) is 5.75 Å². The van der Waals surface area contributed by atoms with E-state index in [1.54, 1.807) is 13.2 Å². The third kappa shape index (κ3) is 3.63. The molecule has 0 bridgehead atoms. The van der Waals surface area contributed by atoms with Crippen LogP contribution in [0.5, 0.6) is 5.75 Å². The van der Waals surface area contributed by atoms with Gasteiger partial charge >= 0.3 is 5.97 Å². The fourth-order valence-electron chi connectivity index (χ4n) is 1.73. The van der Waals surface area contributed by atoms with Crippen molar-refractivity contribution in [3.8, 4) is 5.75 Å². The van der Waals surface area contributed by atoms with E-state index in [1.165, 1.54) is 0 Å². The molecular formula is C14H18O3. The maximum Gasteiger partial charge on any atom is 0.307 e. The van der Waals surface area contributed by atoms with Gasteiger partial charge in [0.25, 0.3) is 0 Å². The van der Waals surface area contributed by atoms with Crippen LogP contribution in [0.15, 0.2) is 24.3 Å². The van der Waals surface area contributed by atoms with Crippen LogP contribution < -0.4 is 4.74 Å². The smallest absolute Gasteiger partial charge is 0.307 e. The fraction of sp³-hybridized carbons (Fsp3) is 0.357. The Bertz CT molecular complexity index is 433. The lowest BCUT2D eigenvalue weighted by atomic mass is 9.99. The molecule has 0 amide bonds. The largest absolute Gasteiger partial charge is 0.496 e. The van der Waals surface area contributed by atoms with Crippen LogP contribution >= 0.6 is 0 Å². The number of methoxy groups -OCH3 is 1. The van der Waals surface area contributed by atoms with Gasteiger partial charge in [0.2, 0.25) is 0 Å². The molecule has 0 unspecified atom stereocenters. The van der Waals surface area contributed by atoms with Crippen LogP contribution in [-0.4, -0.2) is 18.2 Å².